The largest absolute Gasteiger partial charge is 0.453 e. The van der Waals surface area contributed by atoms with Crippen molar-refractivity contribution in [2.45, 2.75) is 47.5 Å². The zero-order valence-electron chi connectivity index (χ0n) is 12.8. The average molecular weight is 271 g/mol. The monoisotopic (exact) mass is 271 g/mol. The molecule has 0 aromatic carbocycles. The third-order valence-electron chi connectivity index (χ3n) is 3.64. The first kappa shape index (κ1) is 14.5. The number of hydrogen-bond acceptors (Lipinski definition) is 3. The Kier molecular flexibility index (Phi) is 4.07. The van der Waals surface area contributed by atoms with Crippen molar-refractivity contribution < 1.29 is 4.42 Å². The van der Waals surface area contributed by atoms with Crippen molar-refractivity contribution >= 4 is 12.2 Å². The van der Waals surface area contributed by atoms with Crippen molar-refractivity contribution in [2.24, 2.45) is 0 Å². The fourth-order valence-electron chi connectivity index (χ4n) is 2.35. The fraction of sp³-hybridized carbons (Fsp3) is 0.412. The summed E-state index contributed by atoms with van der Waals surface area (Å²) in [6.07, 6.45) is 5.83. The van der Waals surface area contributed by atoms with Gasteiger partial charge in [0.15, 0.2) is 11.2 Å². The maximum atomic E-state index is 12.2. The summed E-state index contributed by atoms with van der Waals surface area (Å²) in [5.74, 6) is 0.617. The molecule has 0 saturated heterocycles. The molecule has 0 atom stereocenters. The molecule has 0 N–H and O–H groups in total. The van der Waals surface area contributed by atoms with E-state index in [2.05, 4.69) is 19.9 Å². The van der Waals surface area contributed by atoms with Crippen molar-refractivity contribution in [2.75, 3.05) is 0 Å². The Morgan fingerprint density at radius 3 is 2.25 bits per heavy atom. The summed E-state index contributed by atoms with van der Waals surface area (Å²) in [5.41, 5.74) is 3.92. The number of nitrogens with zero attached hydrogens (tertiary/aromatic N) is 1. The van der Waals surface area contributed by atoms with Gasteiger partial charge < -0.3 is 4.42 Å². The predicted octanol–water partition coefficient (Wildman–Crippen LogP) is 2.45. The first-order valence-electron chi connectivity index (χ1n) is 7.12. The molecule has 0 unspecified atom stereocenters. The van der Waals surface area contributed by atoms with Crippen LogP contribution in [0.3, 0.4) is 0 Å². The smallest absolute Gasteiger partial charge is 0.188 e. The minimum atomic E-state index is 0.0511. The molecule has 0 aromatic heterocycles. The second kappa shape index (κ2) is 5.61. The highest BCUT2D eigenvalue weighted by atomic mass is 16.3. The van der Waals surface area contributed by atoms with Crippen LogP contribution in [0.25, 0.3) is 23.6 Å². The van der Waals surface area contributed by atoms with Gasteiger partial charge in [0.05, 0.1) is 0 Å². The molecule has 1 aliphatic heterocycles. The van der Waals surface area contributed by atoms with E-state index in [4.69, 9.17) is 9.40 Å². The molecule has 2 aliphatic rings. The Morgan fingerprint density at radius 1 is 1.00 bits per heavy atom. The molecule has 1 aliphatic carbocycles. The van der Waals surface area contributed by atoms with Gasteiger partial charge in [0, 0.05) is 11.1 Å². The topological polar surface area (TPSA) is 43.1 Å². The van der Waals surface area contributed by atoms with Crippen LogP contribution in [-0.2, 0) is 0 Å². The molecule has 0 amide bonds. The molecule has 20 heavy (non-hydrogen) atoms. The summed E-state index contributed by atoms with van der Waals surface area (Å²) < 4.78 is 5.98. The van der Waals surface area contributed by atoms with Crippen LogP contribution in [0.2, 0.25) is 0 Å². The lowest BCUT2D eigenvalue weighted by molar-refractivity contribution is 0.508. The van der Waals surface area contributed by atoms with Gasteiger partial charge in [-0.05, 0) is 45.3 Å². The lowest BCUT2D eigenvalue weighted by Gasteiger charge is -2.12. The van der Waals surface area contributed by atoms with Gasteiger partial charge in [-0.2, -0.15) is 0 Å². The Hall–Kier alpha value is -1.90. The van der Waals surface area contributed by atoms with Crippen LogP contribution >= 0.6 is 0 Å². The SMILES string of the molecule is CC/C=c1/nc2c(C)c(C)c(=O)c(C)c-2o/c1=C/CC. The molecule has 3 nitrogen and oxygen atoms in total. The van der Waals surface area contributed by atoms with Gasteiger partial charge in [0.25, 0.3) is 0 Å². The van der Waals surface area contributed by atoms with Gasteiger partial charge >= 0.3 is 0 Å². The van der Waals surface area contributed by atoms with Crippen molar-refractivity contribution in [1.82, 2.24) is 4.98 Å². The lowest BCUT2D eigenvalue weighted by atomic mass is 9.99. The van der Waals surface area contributed by atoms with Crippen LogP contribution < -0.4 is 16.2 Å². The highest BCUT2D eigenvalue weighted by Gasteiger charge is 2.18. The summed E-state index contributed by atoms with van der Waals surface area (Å²) in [6, 6.07) is 0. The van der Waals surface area contributed by atoms with Crippen LogP contribution in [0.5, 0.6) is 0 Å². The zero-order chi connectivity index (χ0) is 14.9. The van der Waals surface area contributed by atoms with Crippen molar-refractivity contribution in [3.8, 4) is 11.5 Å². The van der Waals surface area contributed by atoms with Crippen molar-refractivity contribution in [3.63, 3.8) is 0 Å². The molecule has 0 bridgehead atoms. The van der Waals surface area contributed by atoms with Gasteiger partial charge in [0.1, 0.15) is 16.5 Å². The third kappa shape index (κ3) is 2.28. The molecule has 0 saturated carbocycles. The van der Waals surface area contributed by atoms with Crippen LogP contribution in [-0.4, -0.2) is 4.98 Å². The first-order chi connectivity index (χ1) is 9.51. The van der Waals surface area contributed by atoms with E-state index < -0.39 is 0 Å². The Labute approximate surface area is 119 Å². The molecular formula is C17H21NO2. The normalized spacial score (nSPS) is 13.4. The Bertz CT molecular complexity index is 784. The molecule has 1 heterocycles. The van der Waals surface area contributed by atoms with Gasteiger partial charge in [0.2, 0.25) is 0 Å². The molecule has 2 rings (SSSR count). The van der Waals surface area contributed by atoms with Gasteiger partial charge in [-0.15, -0.1) is 0 Å². The van der Waals surface area contributed by atoms with Crippen molar-refractivity contribution in [1.29, 1.82) is 0 Å². The zero-order valence-corrected chi connectivity index (χ0v) is 12.8. The summed E-state index contributed by atoms with van der Waals surface area (Å²) in [7, 11) is 0. The highest BCUT2D eigenvalue weighted by molar-refractivity contribution is 5.64. The van der Waals surface area contributed by atoms with E-state index in [-0.39, 0.29) is 5.43 Å². The summed E-state index contributed by atoms with van der Waals surface area (Å²) in [6.45, 7) is 9.72. The maximum absolute atomic E-state index is 12.2. The second-order valence-electron chi connectivity index (χ2n) is 5.07. The van der Waals surface area contributed by atoms with E-state index >= 15 is 0 Å². The van der Waals surface area contributed by atoms with E-state index in [1.54, 1.807) is 6.92 Å². The minimum absolute atomic E-state index is 0.0511. The van der Waals surface area contributed by atoms with E-state index in [0.29, 0.717) is 11.3 Å². The molecule has 0 aromatic rings. The molecule has 106 valence electrons. The lowest BCUT2D eigenvalue weighted by Crippen LogP contribution is -2.31. The highest BCUT2D eigenvalue weighted by Crippen LogP contribution is 2.23. The van der Waals surface area contributed by atoms with Gasteiger partial charge in [-0.1, -0.05) is 19.9 Å². The van der Waals surface area contributed by atoms with E-state index in [1.807, 2.05) is 19.9 Å². The number of hydrogen-bond donors (Lipinski definition) is 0. The van der Waals surface area contributed by atoms with Crippen LogP contribution in [0, 0.1) is 20.8 Å². The average Bonchev–Trinajstić information content (AvgIpc) is 2.44. The Morgan fingerprint density at radius 2 is 1.65 bits per heavy atom. The van der Waals surface area contributed by atoms with Gasteiger partial charge in [-0.25, -0.2) is 4.98 Å². The molecular weight excluding hydrogens is 250 g/mol. The van der Waals surface area contributed by atoms with E-state index in [1.165, 1.54) is 0 Å². The molecule has 0 radical (unpaired) electrons. The molecule has 0 fully saturated rings. The van der Waals surface area contributed by atoms with Crippen LogP contribution in [0.4, 0.5) is 0 Å². The maximum Gasteiger partial charge on any atom is 0.188 e. The summed E-state index contributed by atoms with van der Waals surface area (Å²) in [5, 5.41) is 0.863. The Balaban J connectivity index is 3.04. The predicted molar refractivity (Wildman–Crippen MR) is 82.4 cm³/mol. The second-order valence-corrected chi connectivity index (χ2v) is 5.07. The molecule has 0 spiro atoms. The van der Waals surface area contributed by atoms with Crippen LogP contribution in [0.15, 0.2) is 9.21 Å². The van der Waals surface area contributed by atoms with E-state index in [0.717, 1.165) is 40.4 Å². The van der Waals surface area contributed by atoms with Crippen LogP contribution in [0.1, 0.15) is 43.4 Å². The minimum Gasteiger partial charge on any atom is -0.453 e. The number of fused-ring (bicyclic) bond motifs is 1. The third-order valence-corrected chi connectivity index (χ3v) is 3.64. The quantitative estimate of drug-likeness (QED) is 0.842. The van der Waals surface area contributed by atoms with Crippen molar-refractivity contribution in [3.05, 3.63) is 37.7 Å². The molecule has 3 heteroatoms. The summed E-state index contributed by atoms with van der Waals surface area (Å²) >= 11 is 0. The number of benzene rings is 1. The first-order valence-corrected chi connectivity index (χ1v) is 7.12. The number of aromatic nitrogens is 1. The summed E-state index contributed by atoms with van der Waals surface area (Å²) in [4.78, 5) is 16.9. The fourth-order valence-corrected chi connectivity index (χ4v) is 2.35. The van der Waals surface area contributed by atoms with E-state index in [9.17, 15) is 4.79 Å². The van der Waals surface area contributed by atoms with Gasteiger partial charge in [-0.3, -0.25) is 4.79 Å². The number of rotatable bonds is 2. The standard InChI is InChI=1S/C17H21NO2/c1-6-8-13-14(9-7-2)20-17-12(5)16(19)11(4)10(3)15(17)18-13/h8-9H,6-7H2,1-5H3/b13-8+,14-9+.